The van der Waals surface area contributed by atoms with E-state index < -0.39 is 22.8 Å². The number of halogens is 1. The number of benzene rings is 1. The second-order valence-electron chi connectivity index (χ2n) is 4.94. The van der Waals surface area contributed by atoms with Crippen LogP contribution in [0.1, 0.15) is 23.7 Å². The van der Waals surface area contributed by atoms with E-state index in [0.717, 1.165) is 18.7 Å². The number of rotatable bonds is 3. The maximum Gasteiger partial charge on any atom is 0.338 e. The van der Waals surface area contributed by atoms with E-state index in [-0.39, 0.29) is 11.6 Å². The first-order chi connectivity index (χ1) is 8.92. The molecular formula is C13H15FN2O3. The van der Waals surface area contributed by atoms with E-state index in [2.05, 4.69) is 10.6 Å². The van der Waals surface area contributed by atoms with Gasteiger partial charge in [0.15, 0.2) is 0 Å². The predicted octanol–water partition coefficient (Wildman–Crippen LogP) is 1.46. The van der Waals surface area contributed by atoms with Crippen LogP contribution in [0.15, 0.2) is 18.2 Å². The van der Waals surface area contributed by atoms with Crippen molar-refractivity contribution >= 4 is 17.6 Å². The minimum absolute atomic E-state index is 0.194. The minimum Gasteiger partial charge on any atom is -0.478 e. The van der Waals surface area contributed by atoms with Gasteiger partial charge in [-0.1, -0.05) is 0 Å². The highest BCUT2D eigenvalue weighted by Gasteiger charge is 2.36. The largest absolute Gasteiger partial charge is 0.478 e. The molecule has 19 heavy (non-hydrogen) atoms. The molecule has 1 aliphatic rings. The number of carbonyl (C=O) groups is 2. The molecule has 1 fully saturated rings. The Morgan fingerprint density at radius 3 is 2.79 bits per heavy atom. The zero-order valence-electron chi connectivity index (χ0n) is 10.5. The van der Waals surface area contributed by atoms with Crippen LogP contribution in [0.4, 0.5) is 10.1 Å². The Bertz CT molecular complexity index is 525. The smallest absolute Gasteiger partial charge is 0.338 e. The maximum atomic E-state index is 13.2. The number of carboxylic acid groups (broad SMARTS) is 1. The van der Waals surface area contributed by atoms with Gasteiger partial charge in [0.25, 0.3) is 0 Å². The van der Waals surface area contributed by atoms with Gasteiger partial charge in [0.05, 0.1) is 11.0 Å². The van der Waals surface area contributed by atoms with Crippen LogP contribution in [-0.4, -0.2) is 30.1 Å². The lowest BCUT2D eigenvalue weighted by molar-refractivity contribution is -0.123. The number of anilines is 1. The zero-order valence-corrected chi connectivity index (χ0v) is 10.5. The number of aromatic carboxylic acids is 1. The lowest BCUT2D eigenvalue weighted by Gasteiger charge is -2.21. The summed E-state index contributed by atoms with van der Waals surface area (Å²) in [5, 5.41) is 14.6. The summed E-state index contributed by atoms with van der Waals surface area (Å²) < 4.78 is 13.2. The molecule has 3 N–H and O–H groups in total. The molecule has 1 unspecified atom stereocenters. The fourth-order valence-corrected chi connectivity index (χ4v) is 2.06. The molecule has 5 nitrogen and oxygen atoms in total. The van der Waals surface area contributed by atoms with E-state index in [1.807, 2.05) is 6.92 Å². The van der Waals surface area contributed by atoms with E-state index >= 15 is 0 Å². The van der Waals surface area contributed by atoms with Gasteiger partial charge in [-0.2, -0.15) is 0 Å². The molecule has 0 saturated carbocycles. The van der Waals surface area contributed by atoms with Crippen molar-refractivity contribution in [1.29, 1.82) is 0 Å². The summed E-state index contributed by atoms with van der Waals surface area (Å²) in [4.78, 5) is 22.9. The fourth-order valence-electron chi connectivity index (χ4n) is 2.06. The molecule has 1 aromatic rings. The highest BCUT2D eigenvalue weighted by Crippen LogP contribution is 2.26. The number of carbonyl (C=O) groups excluding carboxylic acids is 1. The molecule has 1 saturated heterocycles. The summed E-state index contributed by atoms with van der Waals surface area (Å²) in [5.41, 5.74) is -0.679. The van der Waals surface area contributed by atoms with E-state index in [1.54, 1.807) is 0 Å². The molecule has 0 radical (unpaired) electrons. The molecular weight excluding hydrogens is 251 g/mol. The van der Waals surface area contributed by atoms with E-state index in [9.17, 15) is 14.0 Å². The maximum absolute atomic E-state index is 13.2. The van der Waals surface area contributed by atoms with Crippen LogP contribution in [0.3, 0.4) is 0 Å². The van der Waals surface area contributed by atoms with Gasteiger partial charge in [0.1, 0.15) is 5.82 Å². The molecule has 1 atom stereocenters. The highest BCUT2D eigenvalue weighted by molar-refractivity contribution is 5.97. The van der Waals surface area contributed by atoms with Crippen molar-refractivity contribution in [3.8, 4) is 0 Å². The Labute approximate surface area is 109 Å². The Balaban J connectivity index is 2.17. The van der Waals surface area contributed by atoms with Gasteiger partial charge >= 0.3 is 5.97 Å². The van der Waals surface area contributed by atoms with Crippen LogP contribution in [0.2, 0.25) is 0 Å². The number of nitrogens with one attached hydrogen (secondary N) is 2. The topological polar surface area (TPSA) is 78.4 Å². The van der Waals surface area contributed by atoms with E-state index in [0.29, 0.717) is 13.0 Å². The van der Waals surface area contributed by atoms with Crippen molar-refractivity contribution in [1.82, 2.24) is 5.32 Å². The SMILES string of the molecule is CC1(C(=O)Nc2ccc(F)c(C(=O)O)c2)CCNC1. The first kappa shape index (κ1) is 13.5. The summed E-state index contributed by atoms with van der Waals surface area (Å²) in [5.74, 6) is -2.37. The van der Waals surface area contributed by atoms with Gasteiger partial charge < -0.3 is 15.7 Å². The molecule has 0 spiro atoms. The zero-order chi connectivity index (χ0) is 14.0. The van der Waals surface area contributed by atoms with Gasteiger partial charge in [0.2, 0.25) is 5.91 Å². The van der Waals surface area contributed by atoms with Crippen LogP contribution in [0, 0.1) is 11.2 Å². The summed E-state index contributed by atoms with van der Waals surface area (Å²) in [6, 6.07) is 3.51. The van der Waals surface area contributed by atoms with Gasteiger partial charge in [0, 0.05) is 12.2 Å². The fraction of sp³-hybridized carbons (Fsp3) is 0.385. The second-order valence-corrected chi connectivity index (χ2v) is 4.94. The number of carboxylic acids is 1. The molecule has 1 amide bonds. The van der Waals surface area contributed by atoms with Gasteiger partial charge in [-0.05, 0) is 38.1 Å². The third kappa shape index (κ3) is 2.73. The van der Waals surface area contributed by atoms with Crippen molar-refractivity contribution in [3.63, 3.8) is 0 Å². The Morgan fingerprint density at radius 1 is 1.47 bits per heavy atom. The first-order valence-electron chi connectivity index (χ1n) is 5.97. The standard InChI is InChI=1S/C13H15FN2O3/c1-13(4-5-15-7-13)12(19)16-8-2-3-10(14)9(6-8)11(17)18/h2-3,6,15H,4-5,7H2,1H3,(H,16,19)(H,17,18). The summed E-state index contributed by atoms with van der Waals surface area (Å²) >= 11 is 0. The van der Waals surface area contributed by atoms with Crippen molar-refractivity contribution in [3.05, 3.63) is 29.6 Å². The average molecular weight is 266 g/mol. The molecule has 6 heteroatoms. The van der Waals surface area contributed by atoms with E-state index in [4.69, 9.17) is 5.11 Å². The average Bonchev–Trinajstić information content (AvgIpc) is 2.79. The normalized spacial score (nSPS) is 22.2. The molecule has 0 aliphatic carbocycles. The molecule has 0 aromatic heterocycles. The van der Waals surface area contributed by atoms with Crippen molar-refractivity contribution in [2.75, 3.05) is 18.4 Å². The lowest BCUT2D eigenvalue weighted by atomic mass is 9.88. The lowest BCUT2D eigenvalue weighted by Crippen LogP contribution is -2.35. The molecule has 1 aromatic carbocycles. The third-order valence-corrected chi connectivity index (χ3v) is 3.37. The summed E-state index contributed by atoms with van der Waals surface area (Å²) in [7, 11) is 0. The van der Waals surface area contributed by atoms with Crippen molar-refractivity contribution in [2.24, 2.45) is 5.41 Å². The first-order valence-corrected chi connectivity index (χ1v) is 5.97. The van der Waals surface area contributed by atoms with Gasteiger partial charge in [-0.15, -0.1) is 0 Å². The highest BCUT2D eigenvalue weighted by atomic mass is 19.1. The molecule has 1 aliphatic heterocycles. The van der Waals surface area contributed by atoms with Crippen LogP contribution in [0.5, 0.6) is 0 Å². The van der Waals surface area contributed by atoms with Gasteiger partial charge in [-0.3, -0.25) is 4.79 Å². The molecule has 102 valence electrons. The van der Waals surface area contributed by atoms with Crippen LogP contribution >= 0.6 is 0 Å². The number of hydrogen-bond acceptors (Lipinski definition) is 3. The predicted molar refractivity (Wildman–Crippen MR) is 67.6 cm³/mol. The van der Waals surface area contributed by atoms with Crippen molar-refractivity contribution < 1.29 is 19.1 Å². The number of amides is 1. The van der Waals surface area contributed by atoms with Crippen molar-refractivity contribution in [2.45, 2.75) is 13.3 Å². The van der Waals surface area contributed by atoms with Crippen LogP contribution < -0.4 is 10.6 Å². The Morgan fingerprint density at radius 2 is 2.21 bits per heavy atom. The summed E-state index contributed by atoms with van der Waals surface area (Å²) in [6.07, 6.45) is 0.714. The quantitative estimate of drug-likeness (QED) is 0.774. The Kier molecular flexibility index (Phi) is 3.53. The van der Waals surface area contributed by atoms with Crippen LogP contribution in [-0.2, 0) is 4.79 Å². The molecule has 0 bridgehead atoms. The van der Waals surface area contributed by atoms with Crippen LogP contribution in [0.25, 0.3) is 0 Å². The minimum atomic E-state index is -1.36. The number of hydrogen-bond donors (Lipinski definition) is 3. The third-order valence-electron chi connectivity index (χ3n) is 3.37. The monoisotopic (exact) mass is 266 g/mol. The Hall–Kier alpha value is -1.95. The molecule has 2 rings (SSSR count). The molecule has 1 heterocycles. The van der Waals surface area contributed by atoms with Gasteiger partial charge in [-0.25, -0.2) is 9.18 Å². The van der Waals surface area contributed by atoms with E-state index in [1.165, 1.54) is 6.07 Å². The summed E-state index contributed by atoms with van der Waals surface area (Å²) in [6.45, 7) is 3.18. The second kappa shape index (κ2) is 4.97.